The first-order valence-corrected chi connectivity index (χ1v) is 7.95. The van der Waals surface area contributed by atoms with Gasteiger partial charge in [0.05, 0.1) is 23.7 Å². The van der Waals surface area contributed by atoms with Crippen LogP contribution in [0.25, 0.3) is 0 Å². The molecule has 24 heavy (non-hydrogen) atoms. The largest absolute Gasteiger partial charge is 0.347 e. The molecule has 8 heteroatoms. The van der Waals surface area contributed by atoms with E-state index in [9.17, 15) is 14.4 Å². The molecule has 0 aromatic heterocycles. The van der Waals surface area contributed by atoms with Gasteiger partial charge in [-0.2, -0.15) is 0 Å². The molecule has 1 rings (SSSR count). The van der Waals surface area contributed by atoms with Crippen molar-refractivity contribution in [3.8, 4) is 0 Å². The number of hydrogen-bond acceptors (Lipinski definition) is 4. The van der Waals surface area contributed by atoms with Crippen molar-refractivity contribution in [1.82, 2.24) is 10.6 Å². The topological polar surface area (TPSA) is 113 Å². The van der Waals surface area contributed by atoms with E-state index in [2.05, 4.69) is 16.0 Å². The number of halogens is 1. The summed E-state index contributed by atoms with van der Waals surface area (Å²) < 4.78 is 0. The van der Waals surface area contributed by atoms with Crippen LogP contribution in [0.5, 0.6) is 0 Å². The van der Waals surface area contributed by atoms with E-state index in [1.807, 2.05) is 20.8 Å². The Labute approximate surface area is 146 Å². The molecule has 0 bridgehead atoms. The van der Waals surface area contributed by atoms with E-state index in [1.54, 1.807) is 6.07 Å². The lowest BCUT2D eigenvalue weighted by atomic mass is 10.0. The molecule has 0 heterocycles. The molecule has 0 saturated carbocycles. The second-order valence-corrected chi connectivity index (χ2v) is 6.32. The van der Waals surface area contributed by atoms with Crippen LogP contribution in [-0.4, -0.2) is 36.3 Å². The van der Waals surface area contributed by atoms with Gasteiger partial charge in [-0.1, -0.05) is 18.5 Å². The smallest absolute Gasteiger partial charge is 0.253 e. The molecule has 0 saturated heterocycles. The SMILES string of the molecule is CCC(C)(C)NC(=O)c1ccc(NC(=O)CNC(=O)CN)cc1Cl. The molecule has 0 unspecified atom stereocenters. The number of amides is 3. The zero-order chi connectivity index (χ0) is 18.3. The highest BCUT2D eigenvalue weighted by Crippen LogP contribution is 2.22. The lowest BCUT2D eigenvalue weighted by molar-refractivity contribution is -0.123. The molecule has 0 radical (unpaired) electrons. The van der Waals surface area contributed by atoms with Gasteiger partial charge in [0, 0.05) is 11.2 Å². The predicted octanol–water partition coefficient (Wildman–Crippen LogP) is 1.27. The summed E-state index contributed by atoms with van der Waals surface area (Å²) in [6.45, 7) is 5.44. The second kappa shape index (κ2) is 8.65. The Kier molecular flexibility index (Phi) is 7.18. The number of carbonyl (C=O) groups is 3. The Morgan fingerprint density at radius 3 is 2.42 bits per heavy atom. The van der Waals surface area contributed by atoms with Gasteiger partial charge in [-0.15, -0.1) is 0 Å². The maximum atomic E-state index is 12.2. The van der Waals surface area contributed by atoms with Crippen molar-refractivity contribution in [2.75, 3.05) is 18.4 Å². The van der Waals surface area contributed by atoms with Crippen LogP contribution in [0.4, 0.5) is 5.69 Å². The summed E-state index contributed by atoms with van der Waals surface area (Å²) >= 11 is 6.13. The van der Waals surface area contributed by atoms with Crippen molar-refractivity contribution in [3.05, 3.63) is 28.8 Å². The van der Waals surface area contributed by atoms with E-state index in [0.29, 0.717) is 11.3 Å². The number of hydrogen-bond donors (Lipinski definition) is 4. The summed E-state index contributed by atoms with van der Waals surface area (Å²) in [6, 6.07) is 4.60. The van der Waals surface area contributed by atoms with Gasteiger partial charge in [0.1, 0.15) is 0 Å². The summed E-state index contributed by atoms with van der Waals surface area (Å²) in [7, 11) is 0. The van der Waals surface area contributed by atoms with E-state index >= 15 is 0 Å². The molecule has 0 aliphatic carbocycles. The van der Waals surface area contributed by atoms with Gasteiger partial charge in [0.2, 0.25) is 11.8 Å². The predicted molar refractivity (Wildman–Crippen MR) is 94.0 cm³/mol. The Morgan fingerprint density at radius 2 is 1.88 bits per heavy atom. The first kappa shape index (κ1) is 19.9. The maximum Gasteiger partial charge on any atom is 0.253 e. The number of rotatable bonds is 7. The molecule has 0 aliphatic rings. The van der Waals surface area contributed by atoms with E-state index in [1.165, 1.54) is 12.1 Å². The summed E-state index contributed by atoms with van der Waals surface area (Å²) in [4.78, 5) is 34.9. The normalized spacial score (nSPS) is 10.9. The molecule has 0 aliphatic heterocycles. The summed E-state index contributed by atoms with van der Waals surface area (Å²) in [5, 5.41) is 8.05. The van der Waals surface area contributed by atoms with E-state index in [-0.39, 0.29) is 29.6 Å². The van der Waals surface area contributed by atoms with Crippen molar-refractivity contribution < 1.29 is 14.4 Å². The minimum absolute atomic E-state index is 0.184. The molecule has 1 aromatic carbocycles. The highest BCUT2D eigenvalue weighted by molar-refractivity contribution is 6.34. The number of anilines is 1. The van der Waals surface area contributed by atoms with Gasteiger partial charge >= 0.3 is 0 Å². The van der Waals surface area contributed by atoms with Gasteiger partial charge in [-0.05, 0) is 38.5 Å². The fourth-order valence-corrected chi connectivity index (χ4v) is 1.96. The van der Waals surface area contributed by atoms with Gasteiger partial charge in [0.25, 0.3) is 5.91 Å². The quantitative estimate of drug-likeness (QED) is 0.590. The van der Waals surface area contributed by atoms with Crippen LogP contribution >= 0.6 is 11.6 Å². The fraction of sp³-hybridized carbons (Fsp3) is 0.438. The summed E-state index contributed by atoms with van der Waals surface area (Å²) in [6.07, 6.45) is 0.777. The molecule has 5 N–H and O–H groups in total. The first-order valence-electron chi connectivity index (χ1n) is 7.57. The third-order valence-corrected chi connectivity index (χ3v) is 3.78. The van der Waals surface area contributed by atoms with Crippen LogP contribution < -0.4 is 21.7 Å². The van der Waals surface area contributed by atoms with E-state index in [4.69, 9.17) is 17.3 Å². The van der Waals surface area contributed by atoms with Crippen LogP contribution in [0, 0.1) is 0 Å². The highest BCUT2D eigenvalue weighted by atomic mass is 35.5. The summed E-state index contributed by atoms with van der Waals surface area (Å²) in [5.74, 6) is -1.12. The molecule has 0 atom stereocenters. The van der Waals surface area contributed by atoms with Gasteiger partial charge in [-0.3, -0.25) is 14.4 Å². The van der Waals surface area contributed by atoms with Gasteiger partial charge in [-0.25, -0.2) is 0 Å². The zero-order valence-electron chi connectivity index (χ0n) is 14.0. The van der Waals surface area contributed by atoms with Crippen LogP contribution in [0.15, 0.2) is 18.2 Å². The monoisotopic (exact) mass is 354 g/mol. The molecule has 3 amide bonds. The Hall–Kier alpha value is -2.12. The third-order valence-electron chi connectivity index (χ3n) is 3.46. The van der Waals surface area contributed by atoms with Gasteiger partial charge < -0.3 is 21.7 Å². The Morgan fingerprint density at radius 1 is 1.21 bits per heavy atom. The van der Waals surface area contributed by atoms with Crippen molar-refractivity contribution in [3.63, 3.8) is 0 Å². The molecule has 1 aromatic rings. The fourth-order valence-electron chi connectivity index (χ4n) is 1.70. The van der Waals surface area contributed by atoms with E-state index in [0.717, 1.165) is 6.42 Å². The van der Waals surface area contributed by atoms with Crippen LogP contribution in [0.3, 0.4) is 0 Å². The van der Waals surface area contributed by atoms with Crippen LogP contribution in [0.1, 0.15) is 37.6 Å². The summed E-state index contributed by atoms with van der Waals surface area (Å²) in [5.41, 5.74) is 5.55. The molecule has 7 nitrogen and oxygen atoms in total. The minimum Gasteiger partial charge on any atom is -0.347 e. The third kappa shape index (κ3) is 6.17. The van der Waals surface area contributed by atoms with Crippen molar-refractivity contribution >= 4 is 35.0 Å². The standard InChI is InChI=1S/C16H23ClN4O3/c1-4-16(2,3)21-15(24)11-6-5-10(7-12(11)17)20-14(23)9-19-13(22)8-18/h5-7H,4,8-9,18H2,1-3H3,(H,19,22)(H,20,23)(H,21,24). The van der Waals surface area contributed by atoms with Crippen LogP contribution in [0.2, 0.25) is 5.02 Å². The molecule has 0 fully saturated rings. The lowest BCUT2D eigenvalue weighted by Gasteiger charge is -2.24. The second-order valence-electron chi connectivity index (χ2n) is 5.92. The Bertz CT molecular complexity index is 632. The van der Waals surface area contributed by atoms with Crippen molar-refractivity contribution in [2.24, 2.45) is 5.73 Å². The first-order chi connectivity index (χ1) is 11.2. The Balaban J connectivity index is 2.72. The maximum absolute atomic E-state index is 12.2. The lowest BCUT2D eigenvalue weighted by Crippen LogP contribution is -2.42. The number of carbonyl (C=O) groups excluding carboxylic acids is 3. The van der Waals surface area contributed by atoms with Gasteiger partial charge in [0.15, 0.2) is 0 Å². The number of nitrogens with two attached hydrogens (primary N) is 1. The van der Waals surface area contributed by atoms with Crippen molar-refractivity contribution in [2.45, 2.75) is 32.7 Å². The average molecular weight is 355 g/mol. The van der Waals surface area contributed by atoms with Crippen LogP contribution in [-0.2, 0) is 9.59 Å². The minimum atomic E-state index is -0.422. The number of benzene rings is 1. The molecule has 132 valence electrons. The molecular weight excluding hydrogens is 332 g/mol. The van der Waals surface area contributed by atoms with Crippen molar-refractivity contribution in [1.29, 1.82) is 0 Å². The average Bonchev–Trinajstić information content (AvgIpc) is 2.52. The van der Waals surface area contributed by atoms with E-state index < -0.39 is 11.8 Å². The highest BCUT2D eigenvalue weighted by Gasteiger charge is 2.20. The molecule has 0 spiro atoms. The zero-order valence-corrected chi connectivity index (χ0v) is 14.8. The number of nitrogens with one attached hydrogen (secondary N) is 3. The molecular formula is C16H23ClN4O3.